The maximum absolute atomic E-state index is 13.0. The van der Waals surface area contributed by atoms with Gasteiger partial charge in [-0.3, -0.25) is 4.90 Å². The van der Waals surface area contributed by atoms with Crippen LogP contribution >= 0.6 is 0 Å². The first-order valence-electron chi connectivity index (χ1n) is 8.16. The van der Waals surface area contributed by atoms with E-state index in [2.05, 4.69) is 14.9 Å². The highest BCUT2D eigenvalue weighted by Gasteiger charge is 2.39. The molecular weight excluding hydrogens is 293 g/mol. The van der Waals surface area contributed by atoms with Gasteiger partial charge in [0, 0.05) is 19.3 Å². The molecular formula is C18H20FN3O. The Morgan fingerprint density at radius 1 is 1.22 bits per heavy atom. The fraction of sp³-hybridized carbons (Fsp3) is 0.444. The summed E-state index contributed by atoms with van der Waals surface area (Å²) in [7, 11) is 0. The van der Waals surface area contributed by atoms with Crippen LogP contribution in [0.3, 0.4) is 0 Å². The monoisotopic (exact) mass is 313 g/mol. The van der Waals surface area contributed by atoms with E-state index >= 15 is 0 Å². The molecule has 2 aliphatic rings. The van der Waals surface area contributed by atoms with E-state index in [1.807, 2.05) is 18.2 Å². The third-order valence-electron chi connectivity index (χ3n) is 4.89. The topological polar surface area (TPSA) is 38.2 Å². The number of hydrogen-bond acceptors (Lipinski definition) is 4. The minimum Gasteiger partial charge on any atom is -0.367 e. The van der Waals surface area contributed by atoms with Crippen molar-refractivity contribution in [1.29, 1.82) is 0 Å². The molecule has 2 fully saturated rings. The summed E-state index contributed by atoms with van der Waals surface area (Å²) in [5.74, 6) is 0.429. The van der Waals surface area contributed by atoms with Crippen molar-refractivity contribution in [3.63, 3.8) is 0 Å². The summed E-state index contributed by atoms with van der Waals surface area (Å²) in [4.78, 5) is 10.7. The third-order valence-corrected chi connectivity index (χ3v) is 4.89. The Labute approximate surface area is 135 Å². The Balaban J connectivity index is 1.38. The molecule has 5 heteroatoms. The normalized spacial score (nSPS) is 27.8. The molecule has 4 nitrogen and oxygen atoms in total. The van der Waals surface area contributed by atoms with Crippen molar-refractivity contribution in [3.8, 4) is 0 Å². The highest BCUT2D eigenvalue weighted by atomic mass is 19.1. The van der Waals surface area contributed by atoms with Gasteiger partial charge in [0.1, 0.15) is 18.2 Å². The molecule has 0 aliphatic carbocycles. The van der Waals surface area contributed by atoms with Crippen molar-refractivity contribution in [3.05, 3.63) is 59.9 Å². The van der Waals surface area contributed by atoms with Crippen LogP contribution in [0, 0.1) is 11.7 Å². The minimum absolute atomic E-state index is 0.0961. The second-order valence-corrected chi connectivity index (χ2v) is 6.44. The SMILES string of the molecule is Fc1ccc(CN2CC[C@H]3C[C@@H](c4ccncn4)O[C@@H]3C2)cc1. The summed E-state index contributed by atoms with van der Waals surface area (Å²) < 4.78 is 19.2. The summed E-state index contributed by atoms with van der Waals surface area (Å²) in [5.41, 5.74) is 2.13. The van der Waals surface area contributed by atoms with Gasteiger partial charge in [0.05, 0.1) is 11.8 Å². The van der Waals surface area contributed by atoms with Crippen LogP contribution in [0.4, 0.5) is 4.39 Å². The number of rotatable bonds is 3. The first-order chi connectivity index (χ1) is 11.3. The van der Waals surface area contributed by atoms with Crippen LogP contribution in [0.5, 0.6) is 0 Å². The largest absolute Gasteiger partial charge is 0.367 e. The minimum atomic E-state index is -0.181. The second kappa shape index (κ2) is 6.34. The van der Waals surface area contributed by atoms with Gasteiger partial charge in [-0.2, -0.15) is 0 Å². The van der Waals surface area contributed by atoms with Gasteiger partial charge in [-0.25, -0.2) is 14.4 Å². The second-order valence-electron chi connectivity index (χ2n) is 6.44. The van der Waals surface area contributed by atoms with Crippen LogP contribution in [0.1, 0.15) is 30.2 Å². The maximum Gasteiger partial charge on any atom is 0.123 e. The summed E-state index contributed by atoms with van der Waals surface area (Å²) in [6.07, 6.45) is 5.91. The number of ether oxygens (including phenoxy) is 1. The number of hydrogen-bond donors (Lipinski definition) is 0. The van der Waals surface area contributed by atoms with Crippen molar-refractivity contribution in [2.45, 2.75) is 31.6 Å². The average molecular weight is 313 g/mol. The zero-order valence-electron chi connectivity index (χ0n) is 12.9. The standard InChI is InChI=1S/C18H20FN3O/c19-15-3-1-13(2-4-15)10-22-8-6-14-9-17(23-18(14)11-22)16-5-7-20-12-21-16/h1-5,7,12,14,17-18H,6,8-11H2/t14-,17-,18+/m0/s1. The summed E-state index contributed by atoms with van der Waals surface area (Å²) in [5, 5.41) is 0. The van der Waals surface area contributed by atoms with Crippen LogP contribution in [-0.4, -0.2) is 34.1 Å². The molecule has 2 aromatic rings. The van der Waals surface area contributed by atoms with E-state index in [4.69, 9.17) is 4.74 Å². The van der Waals surface area contributed by atoms with Crippen LogP contribution in [-0.2, 0) is 11.3 Å². The molecule has 0 bridgehead atoms. The Morgan fingerprint density at radius 3 is 2.87 bits per heavy atom. The van der Waals surface area contributed by atoms with E-state index in [9.17, 15) is 4.39 Å². The third kappa shape index (κ3) is 3.26. The number of halogens is 1. The average Bonchev–Trinajstić information content (AvgIpc) is 3.01. The molecule has 1 aromatic carbocycles. The van der Waals surface area contributed by atoms with E-state index in [1.54, 1.807) is 12.5 Å². The van der Waals surface area contributed by atoms with Crippen molar-refractivity contribution in [2.24, 2.45) is 5.92 Å². The molecule has 120 valence electrons. The molecule has 0 saturated carbocycles. The zero-order chi connectivity index (χ0) is 15.6. The molecule has 0 amide bonds. The van der Waals surface area contributed by atoms with Gasteiger partial charge in [0.2, 0.25) is 0 Å². The van der Waals surface area contributed by atoms with E-state index in [0.717, 1.165) is 43.7 Å². The smallest absolute Gasteiger partial charge is 0.123 e. The lowest BCUT2D eigenvalue weighted by atomic mass is 9.91. The quantitative estimate of drug-likeness (QED) is 0.873. The van der Waals surface area contributed by atoms with Gasteiger partial charge in [0.15, 0.2) is 0 Å². The van der Waals surface area contributed by atoms with Crippen molar-refractivity contribution in [1.82, 2.24) is 14.9 Å². The Morgan fingerprint density at radius 2 is 2.09 bits per heavy atom. The molecule has 1 aromatic heterocycles. The molecule has 2 saturated heterocycles. The molecule has 0 N–H and O–H groups in total. The van der Waals surface area contributed by atoms with E-state index in [0.29, 0.717) is 5.92 Å². The summed E-state index contributed by atoms with van der Waals surface area (Å²) >= 11 is 0. The molecule has 0 spiro atoms. The molecule has 3 heterocycles. The number of aromatic nitrogens is 2. The highest BCUT2D eigenvalue weighted by Crippen LogP contribution is 2.40. The first kappa shape index (κ1) is 14.7. The van der Waals surface area contributed by atoms with E-state index < -0.39 is 0 Å². The molecule has 3 atom stereocenters. The lowest BCUT2D eigenvalue weighted by molar-refractivity contribution is -0.0106. The zero-order valence-corrected chi connectivity index (χ0v) is 12.9. The van der Waals surface area contributed by atoms with Gasteiger partial charge < -0.3 is 4.74 Å². The summed E-state index contributed by atoms with van der Waals surface area (Å²) in [6, 6.07) is 8.72. The Hall–Kier alpha value is -1.85. The van der Waals surface area contributed by atoms with Crippen LogP contribution in [0.2, 0.25) is 0 Å². The van der Waals surface area contributed by atoms with Gasteiger partial charge in [-0.1, -0.05) is 12.1 Å². The highest BCUT2D eigenvalue weighted by molar-refractivity contribution is 5.16. The van der Waals surface area contributed by atoms with Crippen LogP contribution in [0.15, 0.2) is 42.9 Å². The number of fused-ring (bicyclic) bond motifs is 1. The van der Waals surface area contributed by atoms with Crippen LogP contribution in [0.25, 0.3) is 0 Å². The Kier molecular flexibility index (Phi) is 4.06. The van der Waals surface area contributed by atoms with Crippen molar-refractivity contribution < 1.29 is 9.13 Å². The van der Waals surface area contributed by atoms with Crippen molar-refractivity contribution in [2.75, 3.05) is 13.1 Å². The fourth-order valence-electron chi connectivity index (χ4n) is 3.67. The van der Waals surface area contributed by atoms with Gasteiger partial charge in [-0.05, 0) is 49.1 Å². The molecule has 4 rings (SSSR count). The number of benzene rings is 1. The van der Waals surface area contributed by atoms with E-state index in [1.165, 1.54) is 12.1 Å². The van der Waals surface area contributed by atoms with Gasteiger partial charge in [0.25, 0.3) is 0 Å². The molecule has 2 aliphatic heterocycles. The molecule has 0 radical (unpaired) electrons. The molecule has 0 unspecified atom stereocenters. The summed E-state index contributed by atoms with van der Waals surface area (Å²) in [6.45, 7) is 2.85. The van der Waals surface area contributed by atoms with E-state index in [-0.39, 0.29) is 18.0 Å². The predicted molar refractivity (Wildman–Crippen MR) is 84.0 cm³/mol. The van der Waals surface area contributed by atoms with Gasteiger partial charge in [-0.15, -0.1) is 0 Å². The lowest BCUT2D eigenvalue weighted by Crippen LogP contribution is -2.41. The van der Waals surface area contributed by atoms with Crippen molar-refractivity contribution >= 4 is 0 Å². The predicted octanol–water partition coefficient (Wildman–Crippen LogP) is 2.97. The Bertz CT molecular complexity index is 649. The van der Waals surface area contributed by atoms with Crippen LogP contribution < -0.4 is 0 Å². The number of piperidine rings is 1. The number of nitrogens with zero attached hydrogens (tertiary/aromatic N) is 3. The number of likely N-dealkylation sites (tertiary alicyclic amines) is 1. The first-order valence-corrected chi connectivity index (χ1v) is 8.16. The van der Waals surface area contributed by atoms with Gasteiger partial charge >= 0.3 is 0 Å². The maximum atomic E-state index is 13.0. The molecule has 23 heavy (non-hydrogen) atoms. The lowest BCUT2D eigenvalue weighted by Gasteiger charge is -2.34. The fourth-order valence-corrected chi connectivity index (χ4v) is 3.67.